The summed E-state index contributed by atoms with van der Waals surface area (Å²) < 4.78 is 10.2. The van der Waals surface area contributed by atoms with Gasteiger partial charge in [0.05, 0.1) is 25.8 Å². The maximum atomic E-state index is 5.52. The molecule has 1 heterocycles. The van der Waals surface area contributed by atoms with Gasteiger partial charge in [0.15, 0.2) is 0 Å². The highest BCUT2D eigenvalue weighted by molar-refractivity contribution is 7.34. The van der Waals surface area contributed by atoms with Crippen molar-refractivity contribution in [3.8, 4) is 0 Å². The van der Waals surface area contributed by atoms with Crippen LogP contribution in [0.1, 0.15) is 0 Å². The first kappa shape index (κ1) is 7.67. The summed E-state index contributed by atoms with van der Waals surface area (Å²) >= 11 is 11.0. The van der Waals surface area contributed by atoms with Crippen LogP contribution < -0.4 is 0 Å². The van der Waals surface area contributed by atoms with Crippen LogP contribution in [0.5, 0.6) is 0 Å². The van der Waals surface area contributed by atoms with Crippen molar-refractivity contribution < 1.29 is 9.47 Å². The normalized spacial score (nSPS) is 28.0. The molecule has 0 aromatic carbocycles. The van der Waals surface area contributed by atoms with E-state index in [1.54, 1.807) is 0 Å². The highest BCUT2D eigenvalue weighted by atomic mass is 35.5. The van der Waals surface area contributed by atoms with Gasteiger partial charge in [0.1, 0.15) is 0 Å². The molecule has 0 spiro atoms. The SMILES string of the molecule is ClB(Cl)C1COCCO1. The van der Waals surface area contributed by atoms with Crippen molar-refractivity contribution in [3.63, 3.8) is 0 Å². The standard InChI is InChI=1S/C4H7BCl2O2/c6-5(7)4-3-8-1-2-9-4/h4H,1-3H2. The van der Waals surface area contributed by atoms with Crippen molar-refractivity contribution in [1.29, 1.82) is 0 Å². The molecule has 1 rings (SSSR count). The van der Waals surface area contributed by atoms with Gasteiger partial charge in [0, 0.05) is 0 Å². The van der Waals surface area contributed by atoms with Crippen molar-refractivity contribution >= 4 is 28.5 Å². The lowest BCUT2D eigenvalue weighted by Crippen LogP contribution is -2.35. The molecule has 0 bridgehead atoms. The summed E-state index contributed by atoms with van der Waals surface area (Å²) in [5.41, 5.74) is -0.467. The largest absolute Gasteiger partial charge is 0.382 e. The Balaban J connectivity index is 2.23. The van der Waals surface area contributed by atoms with Crippen LogP contribution in [0, 0.1) is 0 Å². The number of hydrogen-bond acceptors (Lipinski definition) is 2. The predicted molar refractivity (Wildman–Crippen MR) is 38.0 cm³/mol. The van der Waals surface area contributed by atoms with Crippen molar-refractivity contribution in [2.45, 2.75) is 6.00 Å². The molecule has 1 atom stereocenters. The summed E-state index contributed by atoms with van der Waals surface area (Å²) in [6.07, 6.45) is 0. The van der Waals surface area contributed by atoms with E-state index in [2.05, 4.69) is 0 Å². The quantitative estimate of drug-likeness (QED) is 0.542. The van der Waals surface area contributed by atoms with Gasteiger partial charge in [-0.2, -0.15) is 22.9 Å². The van der Waals surface area contributed by atoms with Crippen molar-refractivity contribution in [1.82, 2.24) is 0 Å². The molecular formula is C4H7BCl2O2. The van der Waals surface area contributed by atoms with E-state index in [9.17, 15) is 0 Å². The maximum Gasteiger partial charge on any atom is 0.382 e. The molecule has 9 heavy (non-hydrogen) atoms. The second-order valence-corrected chi connectivity index (χ2v) is 2.98. The molecule has 1 unspecified atom stereocenters. The Kier molecular flexibility index (Phi) is 3.12. The highest BCUT2D eigenvalue weighted by Gasteiger charge is 2.25. The third kappa shape index (κ3) is 2.34. The zero-order chi connectivity index (χ0) is 6.69. The van der Waals surface area contributed by atoms with Gasteiger partial charge in [-0.3, -0.25) is 0 Å². The lowest BCUT2D eigenvalue weighted by atomic mass is 9.97. The van der Waals surface area contributed by atoms with E-state index in [0.29, 0.717) is 19.8 Å². The van der Waals surface area contributed by atoms with Crippen LogP contribution in [-0.4, -0.2) is 31.4 Å². The van der Waals surface area contributed by atoms with Gasteiger partial charge >= 0.3 is 5.54 Å². The molecule has 0 aliphatic carbocycles. The van der Waals surface area contributed by atoms with Gasteiger partial charge in [-0.1, -0.05) is 0 Å². The van der Waals surface area contributed by atoms with Crippen LogP contribution in [0.3, 0.4) is 0 Å². The molecule has 0 radical (unpaired) electrons. The minimum absolute atomic E-state index is 0.137. The number of ether oxygens (including phenoxy) is 2. The minimum atomic E-state index is -0.467. The monoisotopic (exact) mass is 168 g/mol. The first-order chi connectivity index (χ1) is 4.30. The molecular weight excluding hydrogens is 162 g/mol. The Morgan fingerprint density at radius 2 is 2.11 bits per heavy atom. The second kappa shape index (κ2) is 3.66. The van der Waals surface area contributed by atoms with Gasteiger partial charge in [-0.25, -0.2) is 0 Å². The summed E-state index contributed by atoms with van der Waals surface area (Å²) in [7, 11) is 0. The Labute approximate surface area is 64.3 Å². The second-order valence-electron chi connectivity index (χ2n) is 1.82. The first-order valence-corrected chi connectivity index (χ1v) is 3.65. The zero-order valence-corrected chi connectivity index (χ0v) is 6.36. The van der Waals surface area contributed by atoms with Crippen LogP contribution in [0.4, 0.5) is 0 Å². The molecule has 1 aliphatic heterocycles. The molecule has 52 valence electrons. The minimum Gasteiger partial charge on any atom is -0.378 e. The van der Waals surface area contributed by atoms with Crippen LogP contribution in [0.25, 0.3) is 0 Å². The third-order valence-electron chi connectivity index (χ3n) is 1.12. The molecule has 0 saturated carbocycles. The van der Waals surface area contributed by atoms with E-state index in [1.165, 1.54) is 0 Å². The van der Waals surface area contributed by atoms with Gasteiger partial charge in [-0.15, -0.1) is 0 Å². The number of hydrogen-bond donors (Lipinski definition) is 0. The topological polar surface area (TPSA) is 18.5 Å². The summed E-state index contributed by atoms with van der Waals surface area (Å²) in [5, 5.41) is 0. The molecule has 0 N–H and O–H groups in total. The highest BCUT2D eigenvalue weighted by Crippen LogP contribution is 2.10. The van der Waals surface area contributed by atoms with E-state index in [4.69, 9.17) is 32.4 Å². The molecule has 1 saturated heterocycles. The van der Waals surface area contributed by atoms with Crippen LogP contribution in [0.2, 0.25) is 0 Å². The van der Waals surface area contributed by atoms with Crippen molar-refractivity contribution in [3.05, 3.63) is 0 Å². The molecule has 0 aromatic rings. The van der Waals surface area contributed by atoms with Gasteiger partial charge in [0.2, 0.25) is 0 Å². The summed E-state index contributed by atoms with van der Waals surface area (Å²) in [5.74, 6) is 0. The lowest BCUT2D eigenvalue weighted by molar-refractivity contribution is -0.0547. The fourth-order valence-electron chi connectivity index (χ4n) is 0.651. The summed E-state index contributed by atoms with van der Waals surface area (Å²) in [6, 6.07) is -0.137. The van der Waals surface area contributed by atoms with Crippen LogP contribution in [0.15, 0.2) is 0 Å². The summed E-state index contributed by atoms with van der Waals surface area (Å²) in [4.78, 5) is 0. The summed E-state index contributed by atoms with van der Waals surface area (Å²) in [6.45, 7) is 1.76. The molecule has 5 heteroatoms. The molecule has 0 amide bonds. The van der Waals surface area contributed by atoms with Gasteiger partial charge in [0.25, 0.3) is 0 Å². The smallest absolute Gasteiger partial charge is 0.378 e. The molecule has 0 aromatic heterocycles. The average molecular weight is 169 g/mol. The Bertz CT molecular complexity index is 84.6. The van der Waals surface area contributed by atoms with E-state index in [-0.39, 0.29) is 6.00 Å². The Hall–Kier alpha value is 0.565. The first-order valence-electron chi connectivity index (χ1n) is 2.78. The fourth-order valence-corrected chi connectivity index (χ4v) is 0.942. The zero-order valence-electron chi connectivity index (χ0n) is 4.85. The van der Waals surface area contributed by atoms with Gasteiger partial charge in [-0.05, 0) is 0 Å². The van der Waals surface area contributed by atoms with E-state index >= 15 is 0 Å². The number of halogens is 2. The van der Waals surface area contributed by atoms with E-state index in [0.717, 1.165) is 0 Å². The molecule has 1 fully saturated rings. The fraction of sp³-hybridized carbons (Fsp3) is 1.00. The maximum absolute atomic E-state index is 5.52. The van der Waals surface area contributed by atoms with Crippen molar-refractivity contribution in [2.75, 3.05) is 19.8 Å². The predicted octanol–water partition coefficient (Wildman–Crippen LogP) is 0.907. The van der Waals surface area contributed by atoms with E-state index < -0.39 is 5.54 Å². The van der Waals surface area contributed by atoms with Crippen LogP contribution in [-0.2, 0) is 9.47 Å². The number of rotatable bonds is 1. The Morgan fingerprint density at radius 3 is 2.44 bits per heavy atom. The lowest BCUT2D eigenvalue weighted by Gasteiger charge is -2.21. The van der Waals surface area contributed by atoms with Gasteiger partial charge < -0.3 is 9.47 Å². The average Bonchev–Trinajstić information content (AvgIpc) is 1.90. The Morgan fingerprint density at radius 1 is 1.33 bits per heavy atom. The molecule has 1 aliphatic rings. The third-order valence-corrected chi connectivity index (χ3v) is 1.68. The molecule has 2 nitrogen and oxygen atoms in total. The van der Waals surface area contributed by atoms with E-state index in [1.807, 2.05) is 0 Å². The van der Waals surface area contributed by atoms with Crippen molar-refractivity contribution in [2.24, 2.45) is 0 Å². The van der Waals surface area contributed by atoms with Crippen LogP contribution >= 0.6 is 22.9 Å².